The SMILES string of the molecule is COc1cncc(O[C@H]2CCN(C(=O)[C@@H]3COc4ccccc4O3)C2)n1. The van der Waals surface area contributed by atoms with Gasteiger partial charge >= 0.3 is 0 Å². The normalized spacial score (nSPS) is 21.3. The smallest absolute Gasteiger partial charge is 0.267 e. The number of hydrogen-bond donors (Lipinski definition) is 0. The zero-order chi connectivity index (χ0) is 17.9. The van der Waals surface area contributed by atoms with Crippen LogP contribution >= 0.6 is 0 Å². The van der Waals surface area contributed by atoms with E-state index < -0.39 is 6.10 Å². The second-order valence-electron chi connectivity index (χ2n) is 6.08. The quantitative estimate of drug-likeness (QED) is 0.816. The third kappa shape index (κ3) is 3.35. The highest BCUT2D eigenvalue weighted by atomic mass is 16.6. The summed E-state index contributed by atoms with van der Waals surface area (Å²) in [5, 5.41) is 0. The molecular weight excluding hydrogens is 338 g/mol. The molecule has 1 saturated heterocycles. The Balaban J connectivity index is 1.35. The molecule has 2 aliphatic heterocycles. The van der Waals surface area contributed by atoms with Crippen LogP contribution in [0.25, 0.3) is 0 Å². The minimum absolute atomic E-state index is 0.0951. The lowest BCUT2D eigenvalue weighted by atomic mass is 10.2. The molecule has 2 aliphatic rings. The molecule has 1 fully saturated rings. The van der Waals surface area contributed by atoms with Crippen molar-refractivity contribution in [3.63, 3.8) is 0 Å². The third-order valence-corrected chi connectivity index (χ3v) is 4.33. The molecule has 3 heterocycles. The second-order valence-corrected chi connectivity index (χ2v) is 6.08. The number of methoxy groups -OCH3 is 1. The van der Waals surface area contributed by atoms with E-state index in [-0.39, 0.29) is 18.6 Å². The number of likely N-dealkylation sites (tertiary alicyclic amines) is 1. The highest BCUT2D eigenvalue weighted by Crippen LogP contribution is 2.31. The van der Waals surface area contributed by atoms with Crippen molar-refractivity contribution in [1.82, 2.24) is 14.9 Å². The van der Waals surface area contributed by atoms with Crippen LogP contribution in [0.1, 0.15) is 6.42 Å². The minimum atomic E-state index is -0.639. The Hall–Kier alpha value is -3.03. The summed E-state index contributed by atoms with van der Waals surface area (Å²) in [6, 6.07) is 7.34. The standard InChI is InChI=1S/C18H19N3O5/c1-23-16-8-19-9-17(20-16)25-12-6-7-21(10-12)18(22)15-11-24-13-4-2-3-5-14(13)26-15/h2-5,8-9,12,15H,6-7,10-11H2,1H3/t12-,15-/m0/s1. The summed E-state index contributed by atoms with van der Waals surface area (Å²) in [4.78, 5) is 22.7. The van der Waals surface area contributed by atoms with Crippen LogP contribution in [-0.4, -0.2) is 59.8 Å². The largest absolute Gasteiger partial charge is 0.485 e. The zero-order valence-corrected chi connectivity index (χ0v) is 14.3. The number of hydrogen-bond acceptors (Lipinski definition) is 7. The van der Waals surface area contributed by atoms with Gasteiger partial charge in [-0.15, -0.1) is 0 Å². The van der Waals surface area contributed by atoms with Crippen molar-refractivity contribution in [1.29, 1.82) is 0 Å². The number of benzene rings is 1. The molecular formula is C18H19N3O5. The molecule has 0 spiro atoms. The van der Waals surface area contributed by atoms with E-state index in [2.05, 4.69) is 9.97 Å². The summed E-state index contributed by atoms with van der Waals surface area (Å²) in [6.07, 6.45) is 2.98. The first-order chi connectivity index (χ1) is 12.7. The van der Waals surface area contributed by atoms with E-state index in [0.29, 0.717) is 36.3 Å². The van der Waals surface area contributed by atoms with Crippen molar-refractivity contribution in [2.24, 2.45) is 0 Å². The van der Waals surface area contributed by atoms with Gasteiger partial charge in [0.1, 0.15) is 12.7 Å². The summed E-state index contributed by atoms with van der Waals surface area (Å²) >= 11 is 0. The fourth-order valence-corrected chi connectivity index (χ4v) is 3.03. The number of aromatic nitrogens is 2. The molecule has 26 heavy (non-hydrogen) atoms. The van der Waals surface area contributed by atoms with Gasteiger partial charge in [-0.3, -0.25) is 9.78 Å². The molecule has 8 heteroatoms. The Morgan fingerprint density at radius 3 is 2.88 bits per heavy atom. The number of rotatable bonds is 4. The van der Waals surface area contributed by atoms with Crippen LogP contribution in [-0.2, 0) is 4.79 Å². The maximum absolute atomic E-state index is 12.7. The monoisotopic (exact) mass is 357 g/mol. The molecule has 0 saturated carbocycles. The lowest BCUT2D eigenvalue weighted by molar-refractivity contribution is -0.140. The molecule has 0 aliphatic carbocycles. The van der Waals surface area contributed by atoms with E-state index in [4.69, 9.17) is 18.9 Å². The van der Waals surface area contributed by atoms with Crippen LogP contribution in [0.15, 0.2) is 36.7 Å². The molecule has 8 nitrogen and oxygen atoms in total. The molecule has 1 aromatic carbocycles. The van der Waals surface area contributed by atoms with Gasteiger partial charge in [-0.25, -0.2) is 0 Å². The average molecular weight is 357 g/mol. The molecule has 0 N–H and O–H groups in total. The van der Waals surface area contributed by atoms with Crippen molar-refractivity contribution < 1.29 is 23.7 Å². The molecule has 1 aromatic heterocycles. The third-order valence-electron chi connectivity index (χ3n) is 4.33. The van der Waals surface area contributed by atoms with Gasteiger partial charge in [0.15, 0.2) is 11.5 Å². The predicted octanol–water partition coefficient (Wildman–Crippen LogP) is 1.30. The zero-order valence-electron chi connectivity index (χ0n) is 14.3. The first kappa shape index (κ1) is 16.4. The molecule has 1 amide bonds. The van der Waals surface area contributed by atoms with Gasteiger partial charge in [0.25, 0.3) is 5.91 Å². The Morgan fingerprint density at radius 2 is 2.04 bits per heavy atom. The Kier molecular flexibility index (Phi) is 4.47. The maximum Gasteiger partial charge on any atom is 0.267 e. The Bertz CT molecular complexity index is 800. The average Bonchev–Trinajstić information content (AvgIpc) is 3.15. The predicted molar refractivity (Wildman–Crippen MR) is 90.6 cm³/mol. The van der Waals surface area contributed by atoms with Gasteiger partial charge in [0.05, 0.1) is 26.0 Å². The number of para-hydroxylation sites is 2. The van der Waals surface area contributed by atoms with Crippen LogP contribution < -0.4 is 18.9 Å². The first-order valence-electron chi connectivity index (χ1n) is 8.43. The van der Waals surface area contributed by atoms with Crippen molar-refractivity contribution in [3.05, 3.63) is 36.7 Å². The summed E-state index contributed by atoms with van der Waals surface area (Å²) in [5.74, 6) is 1.93. The van der Waals surface area contributed by atoms with Gasteiger partial charge < -0.3 is 23.8 Å². The number of fused-ring (bicyclic) bond motifs is 1. The summed E-state index contributed by atoms with van der Waals surface area (Å²) in [6.45, 7) is 1.28. The van der Waals surface area contributed by atoms with Crippen molar-refractivity contribution in [3.8, 4) is 23.3 Å². The molecule has 4 rings (SSSR count). The molecule has 2 atom stereocenters. The van der Waals surface area contributed by atoms with Gasteiger partial charge in [-0.1, -0.05) is 12.1 Å². The van der Waals surface area contributed by atoms with E-state index in [0.717, 1.165) is 6.42 Å². The molecule has 0 unspecified atom stereocenters. The van der Waals surface area contributed by atoms with E-state index in [1.54, 1.807) is 11.0 Å². The van der Waals surface area contributed by atoms with Crippen molar-refractivity contribution in [2.75, 3.05) is 26.8 Å². The molecule has 0 radical (unpaired) electrons. The van der Waals surface area contributed by atoms with Crippen LogP contribution in [0.5, 0.6) is 23.3 Å². The van der Waals surface area contributed by atoms with E-state index in [1.807, 2.05) is 18.2 Å². The highest BCUT2D eigenvalue weighted by Gasteiger charge is 2.35. The minimum Gasteiger partial charge on any atom is -0.485 e. The van der Waals surface area contributed by atoms with Crippen LogP contribution in [0.4, 0.5) is 0 Å². The topological polar surface area (TPSA) is 83.0 Å². The van der Waals surface area contributed by atoms with Gasteiger partial charge in [-0.05, 0) is 12.1 Å². The highest BCUT2D eigenvalue weighted by molar-refractivity contribution is 5.82. The molecule has 136 valence electrons. The molecule has 2 aromatic rings. The Labute approximate surface area is 150 Å². The number of carbonyl (C=O) groups is 1. The number of amides is 1. The molecule has 0 bridgehead atoms. The maximum atomic E-state index is 12.7. The van der Waals surface area contributed by atoms with Crippen molar-refractivity contribution in [2.45, 2.75) is 18.6 Å². The fourth-order valence-electron chi connectivity index (χ4n) is 3.03. The number of ether oxygens (including phenoxy) is 4. The fraction of sp³-hybridized carbons (Fsp3) is 0.389. The van der Waals surface area contributed by atoms with Crippen LogP contribution in [0.2, 0.25) is 0 Å². The summed E-state index contributed by atoms with van der Waals surface area (Å²) < 4.78 is 22.3. The van der Waals surface area contributed by atoms with E-state index in [9.17, 15) is 4.79 Å². The van der Waals surface area contributed by atoms with Crippen LogP contribution in [0.3, 0.4) is 0 Å². The van der Waals surface area contributed by atoms with Crippen LogP contribution in [0, 0.1) is 0 Å². The van der Waals surface area contributed by atoms with Gasteiger partial charge in [0.2, 0.25) is 17.9 Å². The second kappa shape index (κ2) is 7.07. The van der Waals surface area contributed by atoms with Gasteiger partial charge in [-0.2, -0.15) is 4.98 Å². The number of nitrogens with zero attached hydrogens (tertiary/aromatic N) is 3. The summed E-state index contributed by atoms with van der Waals surface area (Å²) in [7, 11) is 1.52. The first-order valence-corrected chi connectivity index (χ1v) is 8.43. The van der Waals surface area contributed by atoms with E-state index in [1.165, 1.54) is 19.5 Å². The van der Waals surface area contributed by atoms with E-state index >= 15 is 0 Å². The lowest BCUT2D eigenvalue weighted by Crippen LogP contribution is -2.46. The van der Waals surface area contributed by atoms with Gasteiger partial charge in [0, 0.05) is 13.0 Å². The van der Waals surface area contributed by atoms with Crippen molar-refractivity contribution >= 4 is 5.91 Å². The lowest BCUT2D eigenvalue weighted by Gasteiger charge is -2.28. The summed E-state index contributed by atoms with van der Waals surface area (Å²) in [5.41, 5.74) is 0. The Morgan fingerprint density at radius 1 is 1.23 bits per heavy atom. The number of carbonyl (C=O) groups excluding carboxylic acids is 1.